The molecule has 1 heterocycles. The first-order valence-electron chi connectivity index (χ1n) is 6.37. The highest BCUT2D eigenvalue weighted by molar-refractivity contribution is 6.00. The van der Waals surface area contributed by atoms with Gasteiger partial charge >= 0.3 is 0 Å². The molecule has 0 aromatic heterocycles. The molecule has 1 atom stereocenters. The molecule has 90 valence electrons. The lowest BCUT2D eigenvalue weighted by Gasteiger charge is -2.22. The van der Waals surface area contributed by atoms with Crippen LogP contribution in [-0.4, -0.2) is 12.5 Å². The van der Waals surface area contributed by atoms with E-state index < -0.39 is 0 Å². The van der Waals surface area contributed by atoms with Crippen LogP contribution < -0.4 is 10.6 Å². The number of nitrogens with two attached hydrogens (primary N) is 1. The molecule has 0 bridgehead atoms. The first kappa shape index (κ1) is 10.6. The molecule has 3 rings (SSSR count). The normalized spacial score (nSPS) is 20.2. The van der Waals surface area contributed by atoms with Gasteiger partial charge in [0.05, 0.1) is 11.4 Å². The van der Waals surface area contributed by atoms with Crippen LogP contribution in [0.15, 0.2) is 18.2 Å². The van der Waals surface area contributed by atoms with Crippen molar-refractivity contribution in [1.29, 1.82) is 0 Å². The zero-order chi connectivity index (χ0) is 12.0. The van der Waals surface area contributed by atoms with Crippen molar-refractivity contribution >= 4 is 17.3 Å². The van der Waals surface area contributed by atoms with E-state index in [4.69, 9.17) is 5.73 Å². The molecular weight excluding hydrogens is 212 g/mol. The van der Waals surface area contributed by atoms with Crippen molar-refractivity contribution < 1.29 is 4.79 Å². The zero-order valence-corrected chi connectivity index (χ0v) is 10.1. The van der Waals surface area contributed by atoms with Crippen molar-refractivity contribution in [2.24, 2.45) is 11.8 Å². The van der Waals surface area contributed by atoms with Gasteiger partial charge < -0.3 is 10.6 Å². The monoisotopic (exact) mass is 230 g/mol. The number of amides is 1. The van der Waals surface area contributed by atoms with E-state index in [1.807, 2.05) is 17.0 Å². The maximum absolute atomic E-state index is 12.4. The number of nitrogens with zero attached hydrogens (tertiary/aromatic N) is 1. The Labute approximate surface area is 102 Å². The van der Waals surface area contributed by atoms with Crippen LogP contribution in [0.2, 0.25) is 0 Å². The fourth-order valence-corrected chi connectivity index (χ4v) is 2.75. The van der Waals surface area contributed by atoms with E-state index in [0.717, 1.165) is 24.3 Å². The molecule has 0 radical (unpaired) electrons. The van der Waals surface area contributed by atoms with Crippen molar-refractivity contribution in [3.63, 3.8) is 0 Å². The summed E-state index contributed by atoms with van der Waals surface area (Å²) in [6.45, 7) is 2.84. The molecule has 1 fully saturated rings. The minimum Gasteiger partial charge on any atom is -0.397 e. The van der Waals surface area contributed by atoms with Crippen molar-refractivity contribution in [2.75, 3.05) is 17.2 Å². The summed E-state index contributed by atoms with van der Waals surface area (Å²) in [5.74, 6) is 1.01. The second-order valence-corrected chi connectivity index (χ2v) is 5.22. The van der Waals surface area contributed by atoms with Crippen LogP contribution in [0.4, 0.5) is 11.4 Å². The number of carbonyl (C=O) groups excluding carboxylic acids is 1. The SMILES string of the molecule is CC(C(=O)N1CCc2cccc(N)c21)C1CC1. The molecule has 3 heteroatoms. The summed E-state index contributed by atoms with van der Waals surface area (Å²) in [5.41, 5.74) is 8.90. The molecule has 1 aliphatic heterocycles. The van der Waals surface area contributed by atoms with Crippen LogP contribution in [0.5, 0.6) is 0 Å². The van der Waals surface area contributed by atoms with E-state index in [1.165, 1.54) is 18.4 Å². The number of benzene rings is 1. The average molecular weight is 230 g/mol. The number of nitrogen functional groups attached to an aromatic ring is 1. The van der Waals surface area contributed by atoms with Crippen LogP contribution in [0.1, 0.15) is 25.3 Å². The third-order valence-electron chi connectivity index (χ3n) is 4.01. The Bertz CT molecular complexity index is 465. The quantitative estimate of drug-likeness (QED) is 0.792. The van der Waals surface area contributed by atoms with Gasteiger partial charge in [-0.25, -0.2) is 0 Å². The Balaban J connectivity index is 1.90. The highest BCUT2D eigenvalue weighted by atomic mass is 16.2. The van der Waals surface area contributed by atoms with E-state index in [2.05, 4.69) is 13.0 Å². The molecule has 2 N–H and O–H groups in total. The molecule has 0 saturated heterocycles. The fourth-order valence-electron chi connectivity index (χ4n) is 2.75. The first-order chi connectivity index (χ1) is 8.18. The number of hydrogen-bond donors (Lipinski definition) is 1. The number of anilines is 2. The van der Waals surface area contributed by atoms with E-state index in [1.54, 1.807) is 0 Å². The summed E-state index contributed by atoms with van der Waals surface area (Å²) in [7, 11) is 0. The van der Waals surface area contributed by atoms with Gasteiger partial charge in [0.25, 0.3) is 0 Å². The molecule has 1 aromatic carbocycles. The Morgan fingerprint density at radius 1 is 1.47 bits per heavy atom. The number of fused-ring (bicyclic) bond motifs is 1. The molecule has 1 aromatic rings. The zero-order valence-electron chi connectivity index (χ0n) is 10.1. The molecule has 1 amide bonds. The van der Waals surface area contributed by atoms with Crippen LogP contribution >= 0.6 is 0 Å². The third-order valence-corrected chi connectivity index (χ3v) is 4.01. The number of rotatable bonds is 2. The van der Waals surface area contributed by atoms with E-state index in [9.17, 15) is 4.79 Å². The maximum atomic E-state index is 12.4. The van der Waals surface area contributed by atoms with E-state index in [-0.39, 0.29) is 11.8 Å². The summed E-state index contributed by atoms with van der Waals surface area (Å²) in [6, 6.07) is 5.92. The molecular formula is C14H18N2O. The summed E-state index contributed by atoms with van der Waals surface area (Å²) in [4.78, 5) is 14.3. The largest absolute Gasteiger partial charge is 0.397 e. The molecule has 0 spiro atoms. The van der Waals surface area contributed by atoms with Gasteiger partial charge in [0, 0.05) is 12.5 Å². The second-order valence-electron chi connectivity index (χ2n) is 5.22. The number of para-hydroxylation sites is 1. The predicted molar refractivity (Wildman–Crippen MR) is 68.8 cm³/mol. The van der Waals surface area contributed by atoms with Crippen molar-refractivity contribution in [3.05, 3.63) is 23.8 Å². The minimum absolute atomic E-state index is 0.153. The topological polar surface area (TPSA) is 46.3 Å². The lowest BCUT2D eigenvalue weighted by molar-refractivity contribution is -0.122. The molecule has 1 aliphatic carbocycles. The minimum atomic E-state index is 0.153. The molecule has 2 aliphatic rings. The standard InChI is InChI=1S/C14H18N2O/c1-9(10-5-6-10)14(17)16-8-7-11-3-2-4-12(15)13(11)16/h2-4,9-10H,5-8,15H2,1H3. The van der Waals surface area contributed by atoms with Crippen LogP contribution in [0.3, 0.4) is 0 Å². The number of hydrogen-bond acceptors (Lipinski definition) is 2. The lowest BCUT2D eigenvalue weighted by Crippen LogP contribution is -2.34. The Kier molecular flexibility index (Phi) is 2.35. The molecule has 1 saturated carbocycles. The van der Waals surface area contributed by atoms with Gasteiger partial charge in [-0.05, 0) is 36.8 Å². The van der Waals surface area contributed by atoms with Crippen LogP contribution in [-0.2, 0) is 11.2 Å². The van der Waals surface area contributed by atoms with Gasteiger partial charge in [0.15, 0.2) is 0 Å². The van der Waals surface area contributed by atoms with Gasteiger partial charge in [-0.2, -0.15) is 0 Å². The third kappa shape index (κ3) is 1.70. The molecule has 1 unspecified atom stereocenters. The Hall–Kier alpha value is -1.51. The highest BCUT2D eigenvalue weighted by Gasteiger charge is 2.37. The highest BCUT2D eigenvalue weighted by Crippen LogP contribution is 2.40. The van der Waals surface area contributed by atoms with Gasteiger partial charge in [-0.3, -0.25) is 4.79 Å². The van der Waals surface area contributed by atoms with Gasteiger partial charge in [-0.15, -0.1) is 0 Å². The van der Waals surface area contributed by atoms with Crippen molar-refractivity contribution in [3.8, 4) is 0 Å². The smallest absolute Gasteiger partial charge is 0.230 e. The van der Waals surface area contributed by atoms with Gasteiger partial charge in [0.1, 0.15) is 0 Å². The summed E-state index contributed by atoms with van der Waals surface area (Å²) < 4.78 is 0. The van der Waals surface area contributed by atoms with Gasteiger partial charge in [0.2, 0.25) is 5.91 Å². The van der Waals surface area contributed by atoms with Crippen LogP contribution in [0, 0.1) is 11.8 Å². The molecule has 17 heavy (non-hydrogen) atoms. The van der Waals surface area contributed by atoms with E-state index in [0.29, 0.717) is 5.92 Å². The lowest BCUT2D eigenvalue weighted by atomic mass is 10.0. The predicted octanol–water partition coefficient (Wildman–Crippen LogP) is 2.20. The molecule has 3 nitrogen and oxygen atoms in total. The maximum Gasteiger partial charge on any atom is 0.230 e. The Morgan fingerprint density at radius 3 is 2.94 bits per heavy atom. The first-order valence-corrected chi connectivity index (χ1v) is 6.37. The van der Waals surface area contributed by atoms with Crippen molar-refractivity contribution in [1.82, 2.24) is 0 Å². The summed E-state index contributed by atoms with van der Waals surface area (Å²) >= 11 is 0. The summed E-state index contributed by atoms with van der Waals surface area (Å²) in [6.07, 6.45) is 3.35. The van der Waals surface area contributed by atoms with Crippen LogP contribution in [0.25, 0.3) is 0 Å². The second kappa shape index (κ2) is 3.76. The van der Waals surface area contributed by atoms with Gasteiger partial charge in [-0.1, -0.05) is 19.1 Å². The summed E-state index contributed by atoms with van der Waals surface area (Å²) in [5, 5.41) is 0. The average Bonchev–Trinajstić information content (AvgIpc) is 3.07. The van der Waals surface area contributed by atoms with Crippen molar-refractivity contribution in [2.45, 2.75) is 26.2 Å². The fraction of sp³-hybridized carbons (Fsp3) is 0.500. The number of carbonyl (C=O) groups is 1. The van der Waals surface area contributed by atoms with E-state index >= 15 is 0 Å². The Morgan fingerprint density at radius 2 is 2.24 bits per heavy atom.